The Morgan fingerprint density at radius 1 is 1.18 bits per heavy atom. The molecule has 2 aromatic heterocycles. The molecular weight excluding hydrogens is 354 g/mol. The Kier molecular flexibility index (Phi) is 4.22. The number of hydrogen-bond donors (Lipinski definition) is 0. The summed E-state index contributed by atoms with van der Waals surface area (Å²) in [6, 6.07) is 10.4. The van der Waals surface area contributed by atoms with Gasteiger partial charge in [-0.05, 0) is 26.2 Å². The maximum Gasteiger partial charge on any atom is 0.223 e. The quantitative estimate of drug-likeness (QED) is 0.699. The molecule has 7 heteroatoms. The molecule has 2 bridgehead atoms. The van der Waals surface area contributed by atoms with E-state index >= 15 is 0 Å². The van der Waals surface area contributed by atoms with Crippen molar-refractivity contribution in [1.82, 2.24) is 24.8 Å². The van der Waals surface area contributed by atoms with E-state index in [9.17, 15) is 4.79 Å². The summed E-state index contributed by atoms with van der Waals surface area (Å²) in [6.45, 7) is 2.79. The minimum absolute atomic E-state index is 0.212. The van der Waals surface area contributed by atoms with Crippen molar-refractivity contribution in [1.29, 1.82) is 0 Å². The Balaban J connectivity index is 1.30. The zero-order valence-electron chi connectivity index (χ0n) is 15.9. The average molecular weight is 377 g/mol. The summed E-state index contributed by atoms with van der Waals surface area (Å²) < 4.78 is 7.38. The average Bonchev–Trinajstić information content (AvgIpc) is 3.38. The smallest absolute Gasteiger partial charge is 0.223 e. The third kappa shape index (κ3) is 2.91. The molecule has 7 nitrogen and oxygen atoms in total. The Bertz CT molecular complexity index is 993. The van der Waals surface area contributed by atoms with Gasteiger partial charge in [-0.2, -0.15) is 0 Å². The monoisotopic (exact) mass is 377 g/mol. The third-order valence-corrected chi connectivity index (χ3v) is 6.03. The van der Waals surface area contributed by atoms with Crippen LogP contribution >= 0.6 is 0 Å². The minimum atomic E-state index is 0.212. The first-order valence-electron chi connectivity index (χ1n) is 9.89. The van der Waals surface area contributed by atoms with Crippen LogP contribution in [0, 0.1) is 6.92 Å². The molecule has 3 aromatic rings. The van der Waals surface area contributed by atoms with E-state index < -0.39 is 0 Å². The summed E-state index contributed by atoms with van der Waals surface area (Å²) in [7, 11) is 0. The van der Waals surface area contributed by atoms with Crippen LogP contribution in [0.2, 0.25) is 0 Å². The van der Waals surface area contributed by atoms with Crippen molar-refractivity contribution in [2.45, 2.75) is 57.7 Å². The van der Waals surface area contributed by atoms with Crippen molar-refractivity contribution in [2.75, 3.05) is 0 Å². The summed E-state index contributed by atoms with van der Waals surface area (Å²) in [5.41, 5.74) is 2.82. The van der Waals surface area contributed by atoms with Crippen molar-refractivity contribution in [3.8, 4) is 11.3 Å². The summed E-state index contributed by atoms with van der Waals surface area (Å²) in [4.78, 5) is 15.3. The van der Waals surface area contributed by atoms with Crippen molar-refractivity contribution in [3.63, 3.8) is 0 Å². The molecule has 2 aliphatic heterocycles. The molecule has 4 heterocycles. The van der Waals surface area contributed by atoms with Gasteiger partial charge in [-0.25, -0.2) is 0 Å². The van der Waals surface area contributed by atoms with Gasteiger partial charge in [0.2, 0.25) is 5.91 Å². The van der Waals surface area contributed by atoms with Gasteiger partial charge in [-0.15, -0.1) is 10.2 Å². The Labute approximate surface area is 163 Å². The van der Waals surface area contributed by atoms with E-state index in [4.69, 9.17) is 4.52 Å². The molecule has 2 aliphatic rings. The van der Waals surface area contributed by atoms with E-state index in [0.717, 1.165) is 54.3 Å². The van der Waals surface area contributed by atoms with Crippen LogP contribution in [0.4, 0.5) is 0 Å². The second-order valence-electron chi connectivity index (χ2n) is 7.72. The maximum absolute atomic E-state index is 13.1. The predicted molar refractivity (Wildman–Crippen MR) is 102 cm³/mol. The first-order chi connectivity index (χ1) is 13.7. The SMILES string of the molecule is Cc1nnc2n1C[C@H]1CC[C@@H](C2)N1C(=O)CCc1conc1-c1ccccc1. The van der Waals surface area contributed by atoms with E-state index in [1.165, 1.54) is 0 Å². The van der Waals surface area contributed by atoms with Crippen LogP contribution in [0.25, 0.3) is 11.3 Å². The van der Waals surface area contributed by atoms with Gasteiger partial charge in [0.15, 0.2) is 0 Å². The Morgan fingerprint density at radius 2 is 2.00 bits per heavy atom. The highest BCUT2D eigenvalue weighted by Crippen LogP contribution is 2.32. The molecule has 0 radical (unpaired) electrons. The normalized spacial score (nSPS) is 20.8. The molecule has 1 amide bonds. The molecular formula is C21H23N5O2. The van der Waals surface area contributed by atoms with Crippen LogP contribution in [0.5, 0.6) is 0 Å². The fourth-order valence-electron chi connectivity index (χ4n) is 4.62. The number of carbonyl (C=O) groups excluding carboxylic acids is 1. The van der Waals surface area contributed by atoms with Crippen molar-refractivity contribution in [2.24, 2.45) is 0 Å². The topological polar surface area (TPSA) is 77.0 Å². The van der Waals surface area contributed by atoms with Gasteiger partial charge in [-0.1, -0.05) is 35.5 Å². The largest absolute Gasteiger partial charge is 0.364 e. The number of amides is 1. The number of benzene rings is 1. The van der Waals surface area contributed by atoms with Crippen molar-refractivity contribution >= 4 is 5.91 Å². The standard InChI is InChI=1S/C21H23N5O2/c1-14-22-23-19-11-17-8-9-18(12-25(14)19)26(17)20(27)10-7-16-13-28-24-21(16)15-5-3-2-4-6-15/h2-6,13,17-18H,7-12H2,1H3/t17-,18+/m0/s1. The lowest BCUT2D eigenvalue weighted by molar-refractivity contribution is -0.134. The molecule has 2 atom stereocenters. The number of aromatic nitrogens is 4. The number of nitrogens with zero attached hydrogens (tertiary/aromatic N) is 5. The molecule has 1 aromatic carbocycles. The predicted octanol–water partition coefficient (Wildman–Crippen LogP) is 2.79. The van der Waals surface area contributed by atoms with E-state index in [1.807, 2.05) is 37.3 Å². The van der Waals surface area contributed by atoms with Gasteiger partial charge in [-0.3, -0.25) is 4.79 Å². The highest BCUT2D eigenvalue weighted by molar-refractivity contribution is 5.78. The number of rotatable bonds is 4. The van der Waals surface area contributed by atoms with Gasteiger partial charge in [0.05, 0.1) is 6.04 Å². The highest BCUT2D eigenvalue weighted by Gasteiger charge is 2.40. The summed E-state index contributed by atoms with van der Waals surface area (Å²) in [6.07, 6.45) is 5.66. The fraction of sp³-hybridized carbons (Fsp3) is 0.429. The van der Waals surface area contributed by atoms with Crippen LogP contribution in [0.15, 0.2) is 41.1 Å². The highest BCUT2D eigenvalue weighted by atomic mass is 16.5. The Hall–Kier alpha value is -2.96. The number of fused-ring (bicyclic) bond motifs is 3. The lowest BCUT2D eigenvalue weighted by atomic mass is 10.0. The molecule has 0 unspecified atom stereocenters. The maximum atomic E-state index is 13.1. The molecule has 0 saturated carbocycles. The van der Waals surface area contributed by atoms with Crippen LogP contribution in [-0.2, 0) is 24.2 Å². The van der Waals surface area contributed by atoms with Gasteiger partial charge in [0, 0.05) is 36.6 Å². The first-order valence-corrected chi connectivity index (χ1v) is 9.89. The van der Waals surface area contributed by atoms with E-state index in [0.29, 0.717) is 12.8 Å². The van der Waals surface area contributed by atoms with E-state index in [-0.39, 0.29) is 18.0 Å². The third-order valence-electron chi connectivity index (χ3n) is 6.03. The second-order valence-corrected chi connectivity index (χ2v) is 7.72. The molecule has 1 saturated heterocycles. The van der Waals surface area contributed by atoms with Gasteiger partial charge >= 0.3 is 0 Å². The lowest BCUT2D eigenvalue weighted by Crippen LogP contribution is -2.42. The first kappa shape index (κ1) is 17.2. The number of hydrogen-bond acceptors (Lipinski definition) is 5. The second kappa shape index (κ2) is 6.89. The fourth-order valence-corrected chi connectivity index (χ4v) is 4.62. The Morgan fingerprint density at radius 3 is 2.86 bits per heavy atom. The summed E-state index contributed by atoms with van der Waals surface area (Å²) in [5.74, 6) is 2.16. The molecule has 0 N–H and O–H groups in total. The van der Waals surface area contributed by atoms with Crippen LogP contribution < -0.4 is 0 Å². The molecule has 5 rings (SSSR count). The molecule has 0 aliphatic carbocycles. The van der Waals surface area contributed by atoms with Gasteiger partial charge < -0.3 is 14.0 Å². The summed E-state index contributed by atoms with van der Waals surface area (Å²) in [5, 5.41) is 12.7. The number of carbonyl (C=O) groups is 1. The summed E-state index contributed by atoms with van der Waals surface area (Å²) >= 11 is 0. The molecule has 0 spiro atoms. The van der Waals surface area contributed by atoms with Crippen molar-refractivity contribution < 1.29 is 9.32 Å². The van der Waals surface area contributed by atoms with Gasteiger partial charge in [0.25, 0.3) is 0 Å². The van der Waals surface area contributed by atoms with E-state index in [2.05, 4.69) is 24.8 Å². The molecule has 28 heavy (non-hydrogen) atoms. The van der Waals surface area contributed by atoms with Crippen LogP contribution in [-0.4, -0.2) is 42.8 Å². The van der Waals surface area contributed by atoms with Crippen LogP contribution in [0.1, 0.15) is 36.5 Å². The minimum Gasteiger partial charge on any atom is -0.364 e. The van der Waals surface area contributed by atoms with Crippen LogP contribution in [0.3, 0.4) is 0 Å². The molecule has 144 valence electrons. The zero-order chi connectivity index (χ0) is 19.1. The lowest BCUT2D eigenvalue weighted by Gasteiger charge is -2.28. The molecule has 1 fully saturated rings. The van der Waals surface area contributed by atoms with Crippen molar-refractivity contribution in [3.05, 3.63) is 53.8 Å². The van der Waals surface area contributed by atoms with Gasteiger partial charge in [0.1, 0.15) is 23.6 Å². The zero-order valence-corrected chi connectivity index (χ0v) is 15.9. The van der Waals surface area contributed by atoms with E-state index in [1.54, 1.807) is 6.26 Å². The number of aryl methyl sites for hydroxylation is 2.